The Bertz CT molecular complexity index is 293. The van der Waals surface area contributed by atoms with Crippen molar-refractivity contribution in [1.29, 1.82) is 0 Å². The third-order valence-electron chi connectivity index (χ3n) is 2.73. The Morgan fingerprint density at radius 2 is 2.38 bits per heavy atom. The molecule has 0 radical (unpaired) electrons. The Kier molecular flexibility index (Phi) is 2.36. The van der Waals surface area contributed by atoms with E-state index in [0.717, 1.165) is 31.6 Å². The number of rotatable bonds is 3. The first-order valence-electron chi connectivity index (χ1n) is 4.97. The predicted octanol–water partition coefficient (Wildman–Crippen LogP) is 1.30. The SMILES string of the molecule is CC(CN)Cc1onc2c1CCC2. The van der Waals surface area contributed by atoms with Crippen LogP contribution in [0.4, 0.5) is 0 Å². The summed E-state index contributed by atoms with van der Waals surface area (Å²) in [4.78, 5) is 0. The van der Waals surface area contributed by atoms with Crippen molar-refractivity contribution < 1.29 is 4.52 Å². The van der Waals surface area contributed by atoms with Crippen LogP contribution in [-0.2, 0) is 19.3 Å². The normalized spacial score (nSPS) is 17.4. The molecule has 0 spiro atoms. The first kappa shape index (κ1) is 8.75. The lowest BCUT2D eigenvalue weighted by Crippen LogP contribution is -2.13. The average Bonchev–Trinajstić information content (AvgIpc) is 2.69. The Labute approximate surface area is 78.3 Å². The average molecular weight is 180 g/mol. The van der Waals surface area contributed by atoms with Crippen molar-refractivity contribution in [2.24, 2.45) is 11.7 Å². The highest BCUT2D eigenvalue weighted by atomic mass is 16.5. The topological polar surface area (TPSA) is 52.0 Å². The summed E-state index contributed by atoms with van der Waals surface area (Å²) in [5.74, 6) is 1.57. The van der Waals surface area contributed by atoms with Gasteiger partial charge in [0.15, 0.2) is 0 Å². The van der Waals surface area contributed by atoms with Crippen LogP contribution in [0.25, 0.3) is 0 Å². The van der Waals surface area contributed by atoms with E-state index >= 15 is 0 Å². The molecule has 1 aliphatic carbocycles. The van der Waals surface area contributed by atoms with Crippen molar-refractivity contribution in [1.82, 2.24) is 5.16 Å². The van der Waals surface area contributed by atoms with Gasteiger partial charge >= 0.3 is 0 Å². The monoisotopic (exact) mass is 180 g/mol. The van der Waals surface area contributed by atoms with Crippen LogP contribution in [0.1, 0.15) is 30.4 Å². The molecule has 3 heteroatoms. The fraction of sp³-hybridized carbons (Fsp3) is 0.700. The van der Waals surface area contributed by atoms with Crippen molar-refractivity contribution in [2.45, 2.75) is 32.6 Å². The van der Waals surface area contributed by atoms with Gasteiger partial charge in [-0.25, -0.2) is 0 Å². The molecular formula is C10H16N2O. The van der Waals surface area contributed by atoms with Gasteiger partial charge in [-0.3, -0.25) is 0 Å². The number of aryl methyl sites for hydroxylation is 1. The van der Waals surface area contributed by atoms with Crippen LogP contribution in [0, 0.1) is 5.92 Å². The molecule has 0 saturated carbocycles. The molecule has 2 rings (SSSR count). The molecule has 1 aliphatic rings. The first-order valence-corrected chi connectivity index (χ1v) is 4.97. The highest BCUT2D eigenvalue weighted by molar-refractivity contribution is 5.27. The highest BCUT2D eigenvalue weighted by Gasteiger charge is 2.21. The zero-order chi connectivity index (χ0) is 9.26. The van der Waals surface area contributed by atoms with E-state index in [1.54, 1.807) is 0 Å². The summed E-state index contributed by atoms with van der Waals surface area (Å²) >= 11 is 0. The van der Waals surface area contributed by atoms with Gasteiger partial charge in [-0.05, 0) is 31.7 Å². The molecule has 0 bridgehead atoms. The van der Waals surface area contributed by atoms with Gasteiger partial charge in [0.05, 0.1) is 5.69 Å². The van der Waals surface area contributed by atoms with Gasteiger partial charge in [0.25, 0.3) is 0 Å². The zero-order valence-corrected chi connectivity index (χ0v) is 8.05. The van der Waals surface area contributed by atoms with E-state index in [2.05, 4.69) is 12.1 Å². The third-order valence-corrected chi connectivity index (χ3v) is 2.73. The van der Waals surface area contributed by atoms with Gasteiger partial charge in [0.2, 0.25) is 0 Å². The standard InChI is InChI=1S/C10H16N2O/c1-7(6-11)5-10-8-3-2-4-9(8)12-13-10/h7H,2-6,11H2,1H3. The quantitative estimate of drug-likeness (QED) is 0.762. The molecule has 3 nitrogen and oxygen atoms in total. The fourth-order valence-electron chi connectivity index (χ4n) is 1.85. The predicted molar refractivity (Wildman–Crippen MR) is 50.5 cm³/mol. The molecule has 2 N–H and O–H groups in total. The summed E-state index contributed by atoms with van der Waals surface area (Å²) in [6, 6.07) is 0. The summed E-state index contributed by atoms with van der Waals surface area (Å²) in [7, 11) is 0. The molecule has 0 aliphatic heterocycles. The molecular weight excluding hydrogens is 164 g/mol. The van der Waals surface area contributed by atoms with Crippen LogP contribution in [0.2, 0.25) is 0 Å². The first-order chi connectivity index (χ1) is 6.31. The Morgan fingerprint density at radius 3 is 3.15 bits per heavy atom. The molecule has 72 valence electrons. The van der Waals surface area contributed by atoms with Crippen LogP contribution in [0.5, 0.6) is 0 Å². The van der Waals surface area contributed by atoms with Crippen molar-refractivity contribution in [2.75, 3.05) is 6.54 Å². The Balaban J connectivity index is 2.12. The van der Waals surface area contributed by atoms with E-state index in [4.69, 9.17) is 10.3 Å². The maximum absolute atomic E-state index is 5.57. The second-order valence-corrected chi connectivity index (χ2v) is 3.93. The van der Waals surface area contributed by atoms with Crippen LogP contribution >= 0.6 is 0 Å². The van der Waals surface area contributed by atoms with E-state index in [0.29, 0.717) is 5.92 Å². The Hall–Kier alpha value is -0.830. The second-order valence-electron chi connectivity index (χ2n) is 3.93. The lowest BCUT2D eigenvalue weighted by Gasteiger charge is -2.05. The largest absolute Gasteiger partial charge is 0.361 e. The summed E-state index contributed by atoms with van der Waals surface area (Å²) < 4.78 is 5.30. The lowest BCUT2D eigenvalue weighted by molar-refractivity contribution is 0.356. The summed E-state index contributed by atoms with van der Waals surface area (Å²) in [5.41, 5.74) is 8.11. The second kappa shape index (κ2) is 3.50. The van der Waals surface area contributed by atoms with Crippen molar-refractivity contribution in [3.63, 3.8) is 0 Å². The molecule has 13 heavy (non-hydrogen) atoms. The van der Waals surface area contributed by atoms with Crippen LogP contribution < -0.4 is 5.73 Å². The summed E-state index contributed by atoms with van der Waals surface area (Å²) in [6.45, 7) is 2.86. The number of nitrogens with two attached hydrogens (primary N) is 1. The van der Waals surface area contributed by atoms with Gasteiger partial charge < -0.3 is 10.3 Å². The molecule has 1 unspecified atom stereocenters. The number of hydrogen-bond acceptors (Lipinski definition) is 3. The molecule has 0 fully saturated rings. The van der Waals surface area contributed by atoms with Gasteiger partial charge in [-0.2, -0.15) is 0 Å². The van der Waals surface area contributed by atoms with E-state index in [9.17, 15) is 0 Å². The van der Waals surface area contributed by atoms with E-state index in [-0.39, 0.29) is 0 Å². The maximum Gasteiger partial charge on any atom is 0.140 e. The van der Waals surface area contributed by atoms with Crippen LogP contribution in [-0.4, -0.2) is 11.7 Å². The molecule has 1 aromatic heterocycles. The van der Waals surface area contributed by atoms with E-state index < -0.39 is 0 Å². The fourth-order valence-corrected chi connectivity index (χ4v) is 1.85. The zero-order valence-electron chi connectivity index (χ0n) is 8.05. The molecule has 0 saturated heterocycles. The third kappa shape index (κ3) is 1.61. The molecule has 1 heterocycles. The van der Waals surface area contributed by atoms with Gasteiger partial charge in [-0.1, -0.05) is 12.1 Å². The summed E-state index contributed by atoms with van der Waals surface area (Å²) in [6.07, 6.45) is 4.41. The van der Waals surface area contributed by atoms with Crippen LogP contribution in [0.3, 0.4) is 0 Å². The number of fused-ring (bicyclic) bond motifs is 1. The van der Waals surface area contributed by atoms with Crippen molar-refractivity contribution >= 4 is 0 Å². The van der Waals surface area contributed by atoms with Crippen molar-refractivity contribution in [3.8, 4) is 0 Å². The van der Waals surface area contributed by atoms with Crippen LogP contribution in [0.15, 0.2) is 4.52 Å². The number of nitrogens with zero attached hydrogens (tertiary/aromatic N) is 1. The minimum atomic E-state index is 0.498. The van der Waals surface area contributed by atoms with E-state index in [1.807, 2.05) is 0 Å². The molecule has 0 aromatic carbocycles. The van der Waals surface area contributed by atoms with E-state index in [1.165, 1.54) is 17.7 Å². The minimum Gasteiger partial charge on any atom is -0.361 e. The number of aromatic nitrogens is 1. The summed E-state index contributed by atoms with van der Waals surface area (Å²) in [5, 5.41) is 4.07. The van der Waals surface area contributed by atoms with Gasteiger partial charge in [-0.15, -0.1) is 0 Å². The highest BCUT2D eigenvalue weighted by Crippen LogP contribution is 2.26. The maximum atomic E-state index is 5.57. The number of hydrogen-bond donors (Lipinski definition) is 1. The lowest BCUT2D eigenvalue weighted by atomic mass is 10.0. The minimum absolute atomic E-state index is 0.498. The Morgan fingerprint density at radius 1 is 1.54 bits per heavy atom. The van der Waals surface area contributed by atoms with Gasteiger partial charge in [0, 0.05) is 12.0 Å². The molecule has 0 amide bonds. The molecule has 1 atom stereocenters. The smallest absolute Gasteiger partial charge is 0.140 e. The van der Waals surface area contributed by atoms with Crippen molar-refractivity contribution in [3.05, 3.63) is 17.0 Å². The van der Waals surface area contributed by atoms with Gasteiger partial charge in [0.1, 0.15) is 5.76 Å². The molecule has 1 aromatic rings.